The van der Waals surface area contributed by atoms with Crippen LogP contribution in [-0.2, 0) is 9.59 Å². The number of hydrogen-bond donors (Lipinski definition) is 1. The number of carboxylic acids is 1. The molecule has 0 fully saturated rings. The lowest BCUT2D eigenvalue weighted by Gasteiger charge is -2.13. The van der Waals surface area contributed by atoms with Crippen LogP contribution in [0.3, 0.4) is 0 Å². The number of benzene rings is 1. The Kier molecular flexibility index (Phi) is 6.26. The molecule has 1 rings (SSSR count). The largest absolute Gasteiger partial charge is 0.493 e. The van der Waals surface area contributed by atoms with E-state index in [9.17, 15) is 9.59 Å². The highest BCUT2D eigenvalue weighted by atomic mass is 16.5. The Bertz CT molecular complexity index is 539. The Morgan fingerprint density at radius 2 is 1.90 bits per heavy atom. The Morgan fingerprint density at radius 3 is 2.48 bits per heavy atom. The zero-order valence-corrected chi connectivity index (χ0v) is 12.3. The van der Waals surface area contributed by atoms with Gasteiger partial charge in [-0.1, -0.05) is 6.07 Å². The number of methoxy groups -OCH3 is 2. The van der Waals surface area contributed by atoms with E-state index in [1.165, 1.54) is 18.1 Å². The van der Waals surface area contributed by atoms with Crippen molar-refractivity contribution in [3.63, 3.8) is 0 Å². The minimum Gasteiger partial charge on any atom is -0.493 e. The second-order valence-corrected chi connectivity index (χ2v) is 4.35. The van der Waals surface area contributed by atoms with E-state index in [2.05, 4.69) is 0 Å². The van der Waals surface area contributed by atoms with Gasteiger partial charge >= 0.3 is 5.97 Å². The Hall–Kier alpha value is -2.50. The summed E-state index contributed by atoms with van der Waals surface area (Å²) < 4.78 is 10.3. The van der Waals surface area contributed by atoms with Crippen LogP contribution >= 0.6 is 0 Å². The summed E-state index contributed by atoms with van der Waals surface area (Å²) in [6, 6.07) is 5.29. The molecule has 1 N–H and O–H groups in total. The van der Waals surface area contributed by atoms with Gasteiger partial charge in [-0.3, -0.25) is 9.59 Å². The van der Waals surface area contributed by atoms with E-state index in [1.54, 1.807) is 38.4 Å². The SMILES string of the molecule is COc1ccc(/C=C/C(=O)N(C)CCC(=O)O)cc1OC. The molecule has 0 saturated heterocycles. The second kappa shape index (κ2) is 7.94. The molecule has 6 nitrogen and oxygen atoms in total. The molecule has 0 aromatic heterocycles. The van der Waals surface area contributed by atoms with Gasteiger partial charge in [0.2, 0.25) is 5.91 Å². The lowest BCUT2D eigenvalue weighted by atomic mass is 10.2. The first-order valence-electron chi connectivity index (χ1n) is 6.35. The van der Waals surface area contributed by atoms with Gasteiger partial charge in [0, 0.05) is 19.7 Å². The quantitative estimate of drug-likeness (QED) is 0.774. The van der Waals surface area contributed by atoms with Gasteiger partial charge in [-0.2, -0.15) is 0 Å². The standard InChI is InChI=1S/C15H19NO5/c1-16(9-8-15(18)19)14(17)7-5-11-4-6-12(20-2)13(10-11)21-3/h4-7,10H,8-9H2,1-3H3,(H,18,19)/b7-5+. The van der Waals surface area contributed by atoms with Gasteiger partial charge in [0.05, 0.1) is 20.6 Å². The summed E-state index contributed by atoms with van der Waals surface area (Å²) in [6.45, 7) is 0.171. The lowest BCUT2D eigenvalue weighted by Crippen LogP contribution is -2.27. The van der Waals surface area contributed by atoms with Crippen molar-refractivity contribution in [3.05, 3.63) is 29.8 Å². The molecular formula is C15H19NO5. The number of carbonyl (C=O) groups excluding carboxylic acids is 1. The van der Waals surface area contributed by atoms with Crippen LogP contribution in [0.25, 0.3) is 6.08 Å². The summed E-state index contributed by atoms with van der Waals surface area (Å²) >= 11 is 0. The maximum Gasteiger partial charge on any atom is 0.305 e. The van der Waals surface area contributed by atoms with Crippen molar-refractivity contribution >= 4 is 18.0 Å². The summed E-state index contributed by atoms with van der Waals surface area (Å²) in [5.74, 6) is -0.00422. The van der Waals surface area contributed by atoms with Crippen molar-refractivity contribution in [3.8, 4) is 11.5 Å². The fraction of sp³-hybridized carbons (Fsp3) is 0.333. The first-order chi connectivity index (χ1) is 9.97. The number of nitrogens with zero attached hydrogens (tertiary/aromatic N) is 1. The van der Waals surface area contributed by atoms with E-state index in [-0.39, 0.29) is 18.9 Å². The number of carboxylic acid groups (broad SMARTS) is 1. The Morgan fingerprint density at radius 1 is 1.24 bits per heavy atom. The number of likely N-dealkylation sites (N-methyl/N-ethyl adjacent to an activating group) is 1. The highest BCUT2D eigenvalue weighted by Crippen LogP contribution is 2.27. The zero-order valence-electron chi connectivity index (χ0n) is 12.3. The van der Waals surface area contributed by atoms with Crippen LogP contribution in [-0.4, -0.2) is 49.7 Å². The van der Waals surface area contributed by atoms with Gasteiger partial charge in [-0.05, 0) is 23.8 Å². The van der Waals surface area contributed by atoms with Crippen molar-refractivity contribution in [2.75, 3.05) is 27.8 Å². The van der Waals surface area contributed by atoms with Crippen molar-refractivity contribution < 1.29 is 24.2 Å². The van der Waals surface area contributed by atoms with E-state index in [0.717, 1.165) is 5.56 Å². The average Bonchev–Trinajstić information content (AvgIpc) is 2.49. The van der Waals surface area contributed by atoms with Crippen LogP contribution < -0.4 is 9.47 Å². The molecule has 0 aliphatic rings. The minimum absolute atomic E-state index is 0.0769. The summed E-state index contributed by atoms with van der Waals surface area (Å²) in [5, 5.41) is 8.58. The molecule has 6 heteroatoms. The number of hydrogen-bond acceptors (Lipinski definition) is 4. The smallest absolute Gasteiger partial charge is 0.305 e. The molecule has 0 saturated carbocycles. The maximum atomic E-state index is 11.8. The molecule has 0 spiro atoms. The number of carbonyl (C=O) groups is 2. The van der Waals surface area contributed by atoms with E-state index in [1.807, 2.05) is 0 Å². The second-order valence-electron chi connectivity index (χ2n) is 4.35. The van der Waals surface area contributed by atoms with Gasteiger partial charge in [0.25, 0.3) is 0 Å². The Balaban J connectivity index is 2.71. The van der Waals surface area contributed by atoms with Gasteiger partial charge in [-0.25, -0.2) is 0 Å². The van der Waals surface area contributed by atoms with E-state index in [0.29, 0.717) is 11.5 Å². The molecule has 0 bridgehead atoms. The third-order valence-electron chi connectivity index (χ3n) is 2.86. The molecule has 0 heterocycles. The summed E-state index contributed by atoms with van der Waals surface area (Å²) in [6.07, 6.45) is 2.96. The number of aliphatic carboxylic acids is 1. The molecule has 0 atom stereocenters. The van der Waals surface area contributed by atoms with E-state index >= 15 is 0 Å². The highest BCUT2D eigenvalue weighted by Gasteiger charge is 2.07. The monoisotopic (exact) mass is 293 g/mol. The van der Waals surface area contributed by atoms with Crippen LogP contribution in [0.15, 0.2) is 24.3 Å². The molecule has 0 aliphatic carbocycles. The zero-order chi connectivity index (χ0) is 15.8. The Labute approximate surface area is 123 Å². The van der Waals surface area contributed by atoms with Crippen molar-refractivity contribution in [1.82, 2.24) is 4.90 Å². The lowest BCUT2D eigenvalue weighted by molar-refractivity contribution is -0.137. The van der Waals surface area contributed by atoms with Crippen LogP contribution in [0.5, 0.6) is 11.5 Å². The maximum absolute atomic E-state index is 11.8. The first-order valence-corrected chi connectivity index (χ1v) is 6.35. The molecule has 0 aliphatic heterocycles. The van der Waals surface area contributed by atoms with Gasteiger partial charge < -0.3 is 19.5 Å². The van der Waals surface area contributed by atoms with Crippen LogP contribution in [0.1, 0.15) is 12.0 Å². The van der Waals surface area contributed by atoms with Crippen molar-refractivity contribution in [1.29, 1.82) is 0 Å². The van der Waals surface area contributed by atoms with Gasteiger partial charge in [0.1, 0.15) is 0 Å². The van der Waals surface area contributed by atoms with E-state index in [4.69, 9.17) is 14.6 Å². The summed E-state index contributed by atoms with van der Waals surface area (Å²) in [5.41, 5.74) is 0.785. The molecule has 1 aromatic rings. The van der Waals surface area contributed by atoms with Crippen LogP contribution in [0.2, 0.25) is 0 Å². The predicted molar refractivity (Wildman–Crippen MR) is 78.5 cm³/mol. The molecule has 1 aromatic carbocycles. The first kappa shape index (κ1) is 16.6. The van der Waals surface area contributed by atoms with Gasteiger partial charge in [0.15, 0.2) is 11.5 Å². The fourth-order valence-electron chi connectivity index (χ4n) is 1.62. The molecule has 114 valence electrons. The third kappa shape index (κ3) is 5.18. The van der Waals surface area contributed by atoms with E-state index < -0.39 is 5.97 Å². The van der Waals surface area contributed by atoms with Crippen molar-refractivity contribution in [2.45, 2.75) is 6.42 Å². The fourth-order valence-corrected chi connectivity index (χ4v) is 1.62. The molecule has 0 unspecified atom stereocenters. The van der Waals surface area contributed by atoms with Crippen molar-refractivity contribution in [2.24, 2.45) is 0 Å². The number of ether oxygens (including phenoxy) is 2. The normalized spacial score (nSPS) is 10.4. The molecule has 0 radical (unpaired) electrons. The molecule has 1 amide bonds. The number of rotatable bonds is 7. The molecular weight excluding hydrogens is 274 g/mol. The summed E-state index contributed by atoms with van der Waals surface area (Å²) in [4.78, 5) is 23.6. The highest BCUT2D eigenvalue weighted by molar-refractivity contribution is 5.91. The molecule has 21 heavy (non-hydrogen) atoms. The van der Waals surface area contributed by atoms with Crippen LogP contribution in [0.4, 0.5) is 0 Å². The minimum atomic E-state index is -0.932. The number of amides is 1. The predicted octanol–water partition coefficient (Wildman–Crippen LogP) is 1.65. The summed E-state index contributed by atoms with van der Waals surface area (Å²) in [7, 11) is 4.65. The average molecular weight is 293 g/mol. The van der Waals surface area contributed by atoms with Crippen LogP contribution in [0, 0.1) is 0 Å². The third-order valence-corrected chi connectivity index (χ3v) is 2.86. The topological polar surface area (TPSA) is 76.1 Å². The van der Waals surface area contributed by atoms with Gasteiger partial charge in [-0.15, -0.1) is 0 Å².